The Kier molecular flexibility index (Phi) is 4.31. The van der Waals surface area contributed by atoms with Gasteiger partial charge >= 0.3 is 0 Å². The minimum atomic E-state index is 0.413. The van der Waals surface area contributed by atoms with Crippen LogP contribution in [0.1, 0.15) is 5.56 Å². The lowest BCUT2D eigenvalue weighted by Gasteiger charge is -2.20. The Labute approximate surface area is 101 Å². The van der Waals surface area contributed by atoms with Crippen LogP contribution in [0.3, 0.4) is 0 Å². The third-order valence-electron chi connectivity index (χ3n) is 2.39. The molecule has 0 saturated carbocycles. The average molecular weight is 241 g/mol. The quantitative estimate of drug-likeness (QED) is 0.788. The number of hydrogen-bond acceptors (Lipinski definition) is 5. The van der Waals surface area contributed by atoms with Gasteiger partial charge in [0.25, 0.3) is 0 Å². The topological polar surface area (TPSA) is 46.2 Å². The smallest absolute Gasteiger partial charge is 0.211 e. The van der Waals surface area contributed by atoms with E-state index in [-0.39, 0.29) is 0 Å². The van der Waals surface area contributed by atoms with E-state index in [4.69, 9.17) is 23.7 Å². The van der Waals surface area contributed by atoms with Gasteiger partial charge in [0.05, 0.1) is 35.5 Å². The summed E-state index contributed by atoms with van der Waals surface area (Å²) in [5.74, 6) is 2.19. The summed E-state index contributed by atoms with van der Waals surface area (Å²) in [6.07, 6.45) is 0. The molecule has 5 nitrogen and oxygen atoms in total. The van der Waals surface area contributed by atoms with Gasteiger partial charge in [-0.05, 0) is 6.92 Å². The minimum absolute atomic E-state index is 0.413. The van der Waals surface area contributed by atoms with Crippen LogP contribution in [0.5, 0.6) is 28.7 Å². The molecule has 0 aliphatic rings. The fourth-order valence-corrected chi connectivity index (χ4v) is 1.67. The molecule has 1 rings (SSSR count). The molecule has 0 aliphatic carbocycles. The van der Waals surface area contributed by atoms with Crippen molar-refractivity contribution in [3.63, 3.8) is 0 Å². The van der Waals surface area contributed by atoms with Crippen molar-refractivity contribution >= 4 is 0 Å². The Hall–Kier alpha value is -1.78. The predicted octanol–water partition coefficient (Wildman–Crippen LogP) is 1.91. The first kappa shape index (κ1) is 13.3. The molecule has 0 fully saturated rings. The highest BCUT2D eigenvalue weighted by Crippen LogP contribution is 2.52. The molecule has 0 bridgehead atoms. The van der Waals surface area contributed by atoms with Gasteiger partial charge in [-0.1, -0.05) is 0 Å². The van der Waals surface area contributed by atoms with Crippen LogP contribution in [-0.2, 0) is 0 Å². The first-order chi connectivity index (χ1) is 8.15. The second-order valence-electron chi connectivity index (χ2n) is 3.14. The van der Waals surface area contributed by atoms with E-state index in [0.717, 1.165) is 0 Å². The summed E-state index contributed by atoms with van der Waals surface area (Å²) in [7, 11) is 7.61. The average Bonchev–Trinajstić information content (AvgIpc) is 2.36. The summed E-state index contributed by atoms with van der Waals surface area (Å²) in [4.78, 5) is 0. The monoisotopic (exact) mass is 241 g/mol. The first-order valence-electron chi connectivity index (χ1n) is 4.92. The third kappa shape index (κ3) is 2.05. The van der Waals surface area contributed by atoms with Crippen LogP contribution in [0.2, 0.25) is 0 Å². The zero-order valence-electron chi connectivity index (χ0n) is 10.7. The van der Waals surface area contributed by atoms with Crippen molar-refractivity contribution in [1.29, 1.82) is 0 Å². The molecule has 0 N–H and O–H groups in total. The Morgan fingerprint density at radius 2 is 0.765 bits per heavy atom. The van der Waals surface area contributed by atoms with E-state index < -0.39 is 0 Å². The zero-order chi connectivity index (χ0) is 13.0. The van der Waals surface area contributed by atoms with E-state index in [0.29, 0.717) is 34.3 Å². The van der Waals surface area contributed by atoms with Gasteiger partial charge in [-0.25, -0.2) is 0 Å². The molecule has 1 aromatic carbocycles. The maximum atomic E-state index is 5.26. The number of rotatable bonds is 5. The molecule has 0 aliphatic heterocycles. The minimum Gasteiger partial charge on any atom is -0.492 e. The summed E-state index contributed by atoms with van der Waals surface area (Å²) in [6.45, 7) is 3.89. The lowest BCUT2D eigenvalue weighted by atomic mass is 10.1. The van der Waals surface area contributed by atoms with Gasteiger partial charge in [0.15, 0.2) is 11.5 Å². The third-order valence-corrected chi connectivity index (χ3v) is 2.39. The van der Waals surface area contributed by atoms with E-state index in [1.807, 2.05) is 0 Å². The molecule has 0 amide bonds. The molecular formula is C12H17O5. The van der Waals surface area contributed by atoms with Crippen LogP contribution in [0.25, 0.3) is 0 Å². The Bertz CT molecular complexity index is 367. The lowest BCUT2D eigenvalue weighted by molar-refractivity contribution is 0.289. The molecule has 0 heterocycles. The van der Waals surface area contributed by atoms with Crippen molar-refractivity contribution in [3.05, 3.63) is 12.5 Å². The molecule has 1 radical (unpaired) electrons. The summed E-state index contributed by atoms with van der Waals surface area (Å²) in [5.41, 5.74) is 0.546. The fourth-order valence-electron chi connectivity index (χ4n) is 1.67. The van der Waals surface area contributed by atoms with Crippen molar-refractivity contribution in [3.8, 4) is 28.7 Å². The van der Waals surface area contributed by atoms with Crippen LogP contribution in [0, 0.1) is 6.92 Å². The van der Waals surface area contributed by atoms with E-state index >= 15 is 0 Å². The van der Waals surface area contributed by atoms with Crippen molar-refractivity contribution in [2.75, 3.05) is 35.5 Å². The van der Waals surface area contributed by atoms with Gasteiger partial charge in [0.1, 0.15) is 0 Å². The Morgan fingerprint density at radius 1 is 0.529 bits per heavy atom. The zero-order valence-corrected chi connectivity index (χ0v) is 10.7. The molecule has 0 saturated heterocycles. The summed E-state index contributed by atoms with van der Waals surface area (Å²) in [6, 6.07) is 0. The molecule has 17 heavy (non-hydrogen) atoms. The largest absolute Gasteiger partial charge is 0.492 e. The van der Waals surface area contributed by atoms with E-state index in [9.17, 15) is 0 Å². The molecule has 1 aromatic rings. The van der Waals surface area contributed by atoms with Gasteiger partial charge in [0, 0.05) is 5.56 Å². The summed E-state index contributed by atoms with van der Waals surface area (Å²) >= 11 is 0. The van der Waals surface area contributed by atoms with Crippen molar-refractivity contribution in [2.45, 2.75) is 0 Å². The number of methoxy groups -OCH3 is 5. The maximum absolute atomic E-state index is 5.26. The lowest BCUT2D eigenvalue weighted by Crippen LogP contribution is -2.02. The number of ether oxygens (including phenoxy) is 5. The van der Waals surface area contributed by atoms with Gasteiger partial charge < -0.3 is 23.7 Å². The van der Waals surface area contributed by atoms with Crippen molar-refractivity contribution in [1.82, 2.24) is 0 Å². The molecule has 0 atom stereocenters. The first-order valence-corrected chi connectivity index (χ1v) is 4.92. The highest BCUT2D eigenvalue weighted by molar-refractivity contribution is 5.71. The van der Waals surface area contributed by atoms with Crippen molar-refractivity contribution in [2.24, 2.45) is 0 Å². The fraction of sp³-hybridized carbons (Fsp3) is 0.417. The molecule has 0 aromatic heterocycles. The molecule has 95 valence electrons. The number of hydrogen-bond donors (Lipinski definition) is 0. The summed E-state index contributed by atoms with van der Waals surface area (Å²) < 4.78 is 26.3. The summed E-state index contributed by atoms with van der Waals surface area (Å²) in [5, 5.41) is 0. The normalized spacial score (nSPS) is 9.76. The van der Waals surface area contributed by atoms with Gasteiger partial charge in [-0.15, -0.1) is 0 Å². The molecule has 0 unspecified atom stereocenters. The van der Waals surface area contributed by atoms with E-state index in [2.05, 4.69) is 6.92 Å². The highest BCUT2D eigenvalue weighted by Gasteiger charge is 2.25. The molecule has 0 spiro atoms. The Morgan fingerprint density at radius 3 is 1.00 bits per heavy atom. The number of benzene rings is 1. The van der Waals surface area contributed by atoms with Gasteiger partial charge in [0.2, 0.25) is 17.2 Å². The Balaban J connectivity index is 3.66. The standard InChI is InChI=1S/C12H17O5/c1-7-8(13-2)10(15-4)12(17-6)11(16-5)9(7)14-3/h1H2,2-6H3. The molecule has 5 heteroatoms. The van der Waals surface area contributed by atoms with Crippen LogP contribution < -0.4 is 23.7 Å². The van der Waals surface area contributed by atoms with Gasteiger partial charge in [-0.2, -0.15) is 0 Å². The van der Waals surface area contributed by atoms with E-state index in [1.165, 1.54) is 35.5 Å². The van der Waals surface area contributed by atoms with Crippen LogP contribution >= 0.6 is 0 Å². The second kappa shape index (κ2) is 5.52. The van der Waals surface area contributed by atoms with Crippen LogP contribution in [0.15, 0.2) is 0 Å². The van der Waals surface area contributed by atoms with Gasteiger partial charge in [-0.3, -0.25) is 0 Å². The van der Waals surface area contributed by atoms with Crippen LogP contribution in [-0.4, -0.2) is 35.5 Å². The second-order valence-corrected chi connectivity index (χ2v) is 3.14. The SMILES string of the molecule is [CH2]c1c(OC)c(OC)c(OC)c(OC)c1OC. The molecular weight excluding hydrogens is 224 g/mol. The van der Waals surface area contributed by atoms with Crippen LogP contribution in [0.4, 0.5) is 0 Å². The van der Waals surface area contributed by atoms with E-state index in [1.54, 1.807) is 0 Å². The highest BCUT2D eigenvalue weighted by atomic mass is 16.6. The van der Waals surface area contributed by atoms with Crippen molar-refractivity contribution < 1.29 is 23.7 Å². The maximum Gasteiger partial charge on any atom is 0.211 e. The predicted molar refractivity (Wildman–Crippen MR) is 63.7 cm³/mol.